The highest BCUT2D eigenvalue weighted by atomic mass is 16.1. The molecule has 1 rings (SSSR count). The number of aromatic nitrogens is 2. The van der Waals surface area contributed by atoms with Gasteiger partial charge in [-0.15, -0.1) is 0 Å². The predicted molar refractivity (Wildman–Crippen MR) is 62.4 cm³/mol. The highest BCUT2D eigenvalue weighted by Crippen LogP contribution is 2.22. The highest BCUT2D eigenvalue weighted by molar-refractivity contribution is 5.79. The largest absolute Gasteiger partial charge is 0.369 e. The Morgan fingerprint density at radius 1 is 1.44 bits per heavy atom. The molecule has 0 fully saturated rings. The zero-order chi connectivity index (χ0) is 12.6. The van der Waals surface area contributed by atoms with Crippen molar-refractivity contribution in [1.29, 1.82) is 0 Å². The van der Waals surface area contributed by atoms with Crippen LogP contribution in [0.3, 0.4) is 0 Å². The summed E-state index contributed by atoms with van der Waals surface area (Å²) < 4.78 is 1.88. The second-order valence-electron chi connectivity index (χ2n) is 5.38. The van der Waals surface area contributed by atoms with Crippen molar-refractivity contribution in [3.8, 4) is 0 Å². The van der Waals surface area contributed by atoms with Crippen LogP contribution >= 0.6 is 0 Å². The SMILES string of the molecule is CC(C)(Cn1cncc1C(C)(C)N)C(N)=O. The Hall–Kier alpha value is -1.36. The summed E-state index contributed by atoms with van der Waals surface area (Å²) >= 11 is 0. The van der Waals surface area contributed by atoms with E-state index in [-0.39, 0.29) is 5.91 Å². The fourth-order valence-electron chi connectivity index (χ4n) is 1.49. The Morgan fingerprint density at radius 2 is 2.00 bits per heavy atom. The molecule has 0 aliphatic rings. The van der Waals surface area contributed by atoms with E-state index in [0.29, 0.717) is 6.54 Å². The van der Waals surface area contributed by atoms with Crippen molar-refractivity contribution in [3.63, 3.8) is 0 Å². The van der Waals surface area contributed by atoms with Gasteiger partial charge in [0.25, 0.3) is 0 Å². The van der Waals surface area contributed by atoms with Crippen molar-refractivity contribution in [2.75, 3.05) is 0 Å². The zero-order valence-electron chi connectivity index (χ0n) is 10.3. The lowest BCUT2D eigenvalue weighted by Crippen LogP contribution is -2.38. The molecular formula is C11H20N4O. The van der Waals surface area contributed by atoms with Crippen molar-refractivity contribution in [2.24, 2.45) is 16.9 Å². The van der Waals surface area contributed by atoms with Gasteiger partial charge in [-0.1, -0.05) is 0 Å². The minimum Gasteiger partial charge on any atom is -0.369 e. The van der Waals surface area contributed by atoms with Crippen molar-refractivity contribution < 1.29 is 4.79 Å². The van der Waals surface area contributed by atoms with Crippen molar-refractivity contribution in [3.05, 3.63) is 18.2 Å². The molecule has 1 amide bonds. The molecule has 16 heavy (non-hydrogen) atoms. The van der Waals surface area contributed by atoms with Gasteiger partial charge < -0.3 is 16.0 Å². The maximum absolute atomic E-state index is 11.3. The highest BCUT2D eigenvalue weighted by Gasteiger charge is 2.28. The summed E-state index contributed by atoms with van der Waals surface area (Å²) in [5.41, 5.74) is 11.2. The second kappa shape index (κ2) is 3.90. The molecule has 0 bridgehead atoms. The molecule has 0 unspecified atom stereocenters. The number of nitrogens with zero attached hydrogens (tertiary/aromatic N) is 2. The van der Waals surface area contributed by atoms with Crippen LogP contribution in [0.5, 0.6) is 0 Å². The van der Waals surface area contributed by atoms with Gasteiger partial charge >= 0.3 is 0 Å². The van der Waals surface area contributed by atoms with E-state index in [4.69, 9.17) is 11.5 Å². The van der Waals surface area contributed by atoms with E-state index in [0.717, 1.165) is 5.69 Å². The maximum Gasteiger partial charge on any atom is 0.224 e. The number of hydrogen-bond acceptors (Lipinski definition) is 3. The molecule has 90 valence electrons. The Balaban J connectivity index is 3.00. The van der Waals surface area contributed by atoms with Gasteiger partial charge in [0, 0.05) is 12.7 Å². The Bertz CT molecular complexity index is 387. The smallest absolute Gasteiger partial charge is 0.224 e. The van der Waals surface area contributed by atoms with Gasteiger partial charge in [-0.2, -0.15) is 0 Å². The van der Waals surface area contributed by atoms with Crippen LogP contribution < -0.4 is 11.5 Å². The number of amides is 1. The number of rotatable bonds is 4. The van der Waals surface area contributed by atoms with Crippen LogP contribution in [-0.2, 0) is 16.9 Å². The molecule has 5 nitrogen and oxygen atoms in total. The van der Waals surface area contributed by atoms with Gasteiger partial charge in [0.1, 0.15) is 0 Å². The Morgan fingerprint density at radius 3 is 2.44 bits per heavy atom. The van der Waals surface area contributed by atoms with Crippen LogP contribution in [0, 0.1) is 5.41 Å². The standard InChI is InChI=1S/C11H20N4O/c1-10(2,9(12)16)6-15-7-14-5-8(15)11(3,4)13/h5,7H,6,13H2,1-4H3,(H2,12,16). The predicted octanol–water partition coefficient (Wildman–Crippen LogP) is 0.588. The average molecular weight is 224 g/mol. The summed E-state index contributed by atoms with van der Waals surface area (Å²) in [7, 11) is 0. The lowest BCUT2D eigenvalue weighted by Gasteiger charge is -2.26. The molecule has 0 aliphatic carbocycles. The number of hydrogen-bond donors (Lipinski definition) is 2. The van der Waals surface area contributed by atoms with E-state index in [1.54, 1.807) is 12.5 Å². The first-order valence-corrected chi connectivity index (χ1v) is 5.24. The third-order valence-electron chi connectivity index (χ3n) is 2.61. The van der Waals surface area contributed by atoms with Crippen LogP contribution in [-0.4, -0.2) is 15.5 Å². The fraction of sp³-hybridized carbons (Fsp3) is 0.636. The van der Waals surface area contributed by atoms with E-state index >= 15 is 0 Å². The third-order valence-corrected chi connectivity index (χ3v) is 2.61. The normalized spacial score (nSPS) is 12.8. The minimum atomic E-state index is -0.610. The molecule has 0 atom stereocenters. The molecule has 4 N–H and O–H groups in total. The maximum atomic E-state index is 11.3. The van der Waals surface area contributed by atoms with Crippen LogP contribution in [0.15, 0.2) is 12.5 Å². The summed E-state index contributed by atoms with van der Waals surface area (Å²) in [5, 5.41) is 0. The quantitative estimate of drug-likeness (QED) is 0.784. The molecule has 0 aliphatic heterocycles. The molecule has 5 heteroatoms. The molecule has 1 aromatic heterocycles. The average Bonchev–Trinajstić information content (AvgIpc) is 2.49. The van der Waals surface area contributed by atoms with Gasteiger partial charge in [-0.3, -0.25) is 4.79 Å². The molecule has 1 aromatic rings. The monoisotopic (exact) mass is 224 g/mol. The van der Waals surface area contributed by atoms with Crippen LogP contribution in [0.4, 0.5) is 0 Å². The van der Waals surface area contributed by atoms with Crippen molar-refractivity contribution in [2.45, 2.75) is 39.8 Å². The lowest BCUT2D eigenvalue weighted by atomic mass is 9.92. The molecule has 0 saturated heterocycles. The fourth-order valence-corrected chi connectivity index (χ4v) is 1.49. The summed E-state index contributed by atoms with van der Waals surface area (Å²) in [6, 6.07) is 0. The molecule has 0 radical (unpaired) electrons. The lowest BCUT2D eigenvalue weighted by molar-refractivity contribution is -0.126. The van der Waals surface area contributed by atoms with Gasteiger partial charge in [-0.05, 0) is 27.7 Å². The Labute approximate surface area is 95.8 Å². The first-order chi connectivity index (χ1) is 7.14. The topological polar surface area (TPSA) is 86.9 Å². The summed E-state index contributed by atoms with van der Waals surface area (Å²) in [4.78, 5) is 15.3. The Kier molecular flexibility index (Phi) is 3.10. The molecule has 0 spiro atoms. The van der Waals surface area contributed by atoms with E-state index in [2.05, 4.69) is 4.98 Å². The summed E-state index contributed by atoms with van der Waals surface area (Å²) in [6.07, 6.45) is 3.39. The van der Waals surface area contributed by atoms with Gasteiger partial charge in [0.2, 0.25) is 5.91 Å². The minimum absolute atomic E-state index is 0.332. The number of carbonyl (C=O) groups excluding carboxylic acids is 1. The van der Waals surface area contributed by atoms with Gasteiger partial charge in [0.05, 0.1) is 23.0 Å². The first kappa shape index (κ1) is 12.7. The van der Waals surface area contributed by atoms with Gasteiger partial charge in [-0.25, -0.2) is 4.98 Å². The number of imidazole rings is 1. The number of carbonyl (C=O) groups is 1. The van der Waals surface area contributed by atoms with E-state index in [9.17, 15) is 4.79 Å². The van der Waals surface area contributed by atoms with Gasteiger partial charge in [0.15, 0.2) is 0 Å². The number of primary amides is 1. The van der Waals surface area contributed by atoms with E-state index < -0.39 is 11.0 Å². The van der Waals surface area contributed by atoms with Crippen LogP contribution in [0.2, 0.25) is 0 Å². The third kappa shape index (κ3) is 2.61. The molecule has 0 saturated carbocycles. The van der Waals surface area contributed by atoms with Crippen LogP contribution in [0.25, 0.3) is 0 Å². The number of nitrogens with two attached hydrogens (primary N) is 2. The second-order valence-corrected chi connectivity index (χ2v) is 5.38. The summed E-state index contributed by atoms with van der Waals surface area (Å²) in [5.74, 6) is -0.332. The summed E-state index contributed by atoms with van der Waals surface area (Å²) in [6.45, 7) is 7.90. The van der Waals surface area contributed by atoms with E-state index in [1.807, 2.05) is 32.3 Å². The molecule has 0 aromatic carbocycles. The van der Waals surface area contributed by atoms with Crippen molar-refractivity contribution >= 4 is 5.91 Å². The first-order valence-electron chi connectivity index (χ1n) is 5.24. The zero-order valence-corrected chi connectivity index (χ0v) is 10.3. The molecule has 1 heterocycles. The van der Waals surface area contributed by atoms with Crippen LogP contribution in [0.1, 0.15) is 33.4 Å². The van der Waals surface area contributed by atoms with E-state index in [1.165, 1.54) is 0 Å². The molecular weight excluding hydrogens is 204 g/mol. The van der Waals surface area contributed by atoms with Crippen molar-refractivity contribution in [1.82, 2.24) is 9.55 Å².